The first kappa shape index (κ1) is 23.6. The van der Waals surface area contributed by atoms with Crippen LogP contribution in [0.3, 0.4) is 0 Å². The van der Waals surface area contributed by atoms with E-state index in [1.165, 1.54) is 70.6 Å². The predicted molar refractivity (Wildman–Crippen MR) is 126 cm³/mol. The Morgan fingerprint density at radius 1 is 0.935 bits per heavy atom. The fourth-order valence-corrected chi connectivity index (χ4v) is 8.86. The minimum absolute atomic E-state index is 0.0278. The Morgan fingerprint density at radius 3 is 2.45 bits per heavy atom. The minimum atomic E-state index is -0.0802. The molecule has 0 radical (unpaired) electrons. The van der Waals surface area contributed by atoms with Crippen molar-refractivity contribution in [1.29, 1.82) is 0 Å². The van der Waals surface area contributed by atoms with E-state index in [4.69, 9.17) is 9.47 Å². The van der Waals surface area contributed by atoms with E-state index >= 15 is 0 Å². The van der Waals surface area contributed by atoms with Crippen LogP contribution in [0.2, 0.25) is 0 Å². The summed E-state index contributed by atoms with van der Waals surface area (Å²) >= 11 is 0. The van der Waals surface area contributed by atoms with E-state index in [-0.39, 0.29) is 23.1 Å². The number of ether oxygens (including phenoxy) is 2. The van der Waals surface area contributed by atoms with E-state index in [2.05, 4.69) is 27.7 Å². The Hall–Kier alpha value is -0.570. The Kier molecular flexibility index (Phi) is 6.84. The van der Waals surface area contributed by atoms with E-state index in [0.717, 1.165) is 25.4 Å². The van der Waals surface area contributed by atoms with Gasteiger partial charge in [0.15, 0.2) is 0 Å². The topological polar surface area (TPSA) is 35.5 Å². The van der Waals surface area contributed by atoms with Gasteiger partial charge >= 0.3 is 5.97 Å². The predicted octanol–water partition coefficient (Wildman–Crippen LogP) is 7.32. The molecule has 0 spiro atoms. The van der Waals surface area contributed by atoms with Crippen LogP contribution >= 0.6 is 0 Å². The summed E-state index contributed by atoms with van der Waals surface area (Å²) in [6, 6.07) is 0. The number of carbonyl (C=O) groups excluding carboxylic acids is 1. The molecule has 4 rings (SSSR count). The zero-order valence-electron chi connectivity index (χ0n) is 21.0. The van der Waals surface area contributed by atoms with E-state index in [9.17, 15) is 4.79 Å². The first-order chi connectivity index (χ1) is 14.7. The lowest BCUT2D eigenvalue weighted by Gasteiger charge is -2.63. The summed E-state index contributed by atoms with van der Waals surface area (Å²) in [5, 5.41) is 0. The summed E-state index contributed by atoms with van der Waals surface area (Å²) < 4.78 is 12.9. The fraction of sp³-hybridized carbons (Fsp3) is 0.964. The first-order valence-corrected chi connectivity index (χ1v) is 13.6. The number of unbranched alkanes of at least 4 members (excludes halogenated alkanes) is 3. The summed E-state index contributed by atoms with van der Waals surface area (Å²) in [5.41, 5.74) is 0.621. The lowest BCUT2D eigenvalue weighted by molar-refractivity contribution is -0.204. The van der Waals surface area contributed by atoms with Crippen LogP contribution in [0, 0.1) is 34.5 Å². The van der Waals surface area contributed by atoms with Crippen LogP contribution in [0.4, 0.5) is 0 Å². The standard InChI is InChI=1S/C28H48O3/c1-6-7-8-11-18-30-28(5)17-14-23-25-22(13-16-27(23,28)4)26(3)15-10-9-12-21(26)19-24(25)31-20(2)29/h21-25H,6-19H2,1-5H3/t21?,22?,23?,24?,25?,26-,27-,28?/m0/s1. The van der Waals surface area contributed by atoms with Gasteiger partial charge in [-0.2, -0.15) is 0 Å². The van der Waals surface area contributed by atoms with Crippen LogP contribution in [0.5, 0.6) is 0 Å². The molecule has 0 saturated heterocycles. The molecule has 31 heavy (non-hydrogen) atoms. The maximum Gasteiger partial charge on any atom is 0.302 e. The van der Waals surface area contributed by atoms with Gasteiger partial charge < -0.3 is 9.47 Å². The van der Waals surface area contributed by atoms with Crippen molar-refractivity contribution in [1.82, 2.24) is 0 Å². The third-order valence-corrected chi connectivity index (χ3v) is 10.8. The van der Waals surface area contributed by atoms with Gasteiger partial charge in [-0.05, 0) is 86.9 Å². The van der Waals surface area contributed by atoms with Crippen LogP contribution in [0.25, 0.3) is 0 Å². The molecule has 4 aliphatic carbocycles. The smallest absolute Gasteiger partial charge is 0.302 e. The van der Waals surface area contributed by atoms with Crippen molar-refractivity contribution >= 4 is 5.97 Å². The second kappa shape index (κ2) is 8.99. The SMILES string of the molecule is CCCCCCOC1(C)CCC2C3C(OC(C)=O)CC4CCCC[C@]4(C)C3CC[C@@]21C. The summed E-state index contributed by atoms with van der Waals surface area (Å²) in [5.74, 6) is 2.51. The van der Waals surface area contributed by atoms with Gasteiger partial charge in [-0.25, -0.2) is 0 Å². The Bertz CT molecular complexity index is 646. The molecule has 3 nitrogen and oxygen atoms in total. The number of fused-ring (bicyclic) bond motifs is 5. The highest BCUT2D eigenvalue weighted by Gasteiger charge is 2.66. The molecule has 0 aromatic heterocycles. The second-order valence-corrected chi connectivity index (χ2v) is 12.3. The number of hydrogen-bond donors (Lipinski definition) is 0. The molecular weight excluding hydrogens is 384 g/mol. The number of hydrogen-bond acceptors (Lipinski definition) is 3. The van der Waals surface area contributed by atoms with E-state index < -0.39 is 0 Å². The number of carbonyl (C=O) groups is 1. The molecule has 0 aromatic rings. The van der Waals surface area contributed by atoms with E-state index in [1.807, 2.05) is 0 Å². The fourth-order valence-electron chi connectivity index (χ4n) is 8.86. The number of esters is 1. The van der Waals surface area contributed by atoms with Gasteiger partial charge in [0, 0.05) is 19.4 Å². The van der Waals surface area contributed by atoms with Crippen LogP contribution in [0.1, 0.15) is 118 Å². The summed E-state index contributed by atoms with van der Waals surface area (Å²) in [7, 11) is 0. The van der Waals surface area contributed by atoms with Gasteiger partial charge in [0.1, 0.15) is 6.10 Å². The normalized spacial score (nSPS) is 46.7. The molecular formula is C28H48O3. The first-order valence-electron chi connectivity index (χ1n) is 13.6. The van der Waals surface area contributed by atoms with Crippen molar-refractivity contribution in [2.75, 3.05) is 6.61 Å². The third kappa shape index (κ3) is 4.00. The highest BCUT2D eigenvalue weighted by Crippen LogP contribution is 2.69. The van der Waals surface area contributed by atoms with Crippen molar-refractivity contribution in [3.05, 3.63) is 0 Å². The van der Waals surface area contributed by atoms with Crippen LogP contribution in [-0.4, -0.2) is 24.3 Å². The van der Waals surface area contributed by atoms with E-state index in [0.29, 0.717) is 23.2 Å². The zero-order valence-corrected chi connectivity index (χ0v) is 21.0. The maximum absolute atomic E-state index is 12.1. The average molecular weight is 433 g/mol. The zero-order chi connectivity index (χ0) is 22.3. The molecule has 4 aliphatic rings. The average Bonchev–Trinajstić information content (AvgIpc) is 2.99. The van der Waals surface area contributed by atoms with Crippen LogP contribution in [0.15, 0.2) is 0 Å². The molecule has 0 amide bonds. The third-order valence-electron chi connectivity index (χ3n) is 10.8. The number of rotatable bonds is 7. The minimum Gasteiger partial charge on any atom is -0.462 e. The van der Waals surface area contributed by atoms with E-state index in [1.54, 1.807) is 6.92 Å². The van der Waals surface area contributed by atoms with Crippen molar-refractivity contribution in [2.24, 2.45) is 34.5 Å². The molecule has 178 valence electrons. The van der Waals surface area contributed by atoms with Gasteiger partial charge in [-0.1, -0.05) is 52.9 Å². The second-order valence-electron chi connectivity index (χ2n) is 12.3. The van der Waals surface area contributed by atoms with Crippen LogP contribution < -0.4 is 0 Å². The van der Waals surface area contributed by atoms with Gasteiger partial charge in [-0.15, -0.1) is 0 Å². The van der Waals surface area contributed by atoms with Crippen molar-refractivity contribution in [3.63, 3.8) is 0 Å². The molecule has 6 unspecified atom stereocenters. The molecule has 0 heterocycles. The Balaban J connectivity index is 1.57. The monoisotopic (exact) mass is 432 g/mol. The highest BCUT2D eigenvalue weighted by molar-refractivity contribution is 5.66. The molecule has 0 aliphatic heterocycles. The van der Waals surface area contributed by atoms with Crippen molar-refractivity contribution in [2.45, 2.75) is 130 Å². The van der Waals surface area contributed by atoms with Crippen LogP contribution in [-0.2, 0) is 14.3 Å². The quantitative estimate of drug-likeness (QED) is 0.312. The molecule has 4 saturated carbocycles. The van der Waals surface area contributed by atoms with Crippen molar-refractivity contribution in [3.8, 4) is 0 Å². The van der Waals surface area contributed by atoms with Gasteiger partial charge in [0.2, 0.25) is 0 Å². The Morgan fingerprint density at radius 2 is 1.71 bits per heavy atom. The molecule has 4 fully saturated rings. The summed E-state index contributed by atoms with van der Waals surface area (Å²) in [6.07, 6.45) is 16.7. The summed E-state index contributed by atoms with van der Waals surface area (Å²) in [6.45, 7) is 12.3. The van der Waals surface area contributed by atoms with Crippen molar-refractivity contribution < 1.29 is 14.3 Å². The van der Waals surface area contributed by atoms with Gasteiger partial charge in [-0.3, -0.25) is 4.79 Å². The largest absolute Gasteiger partial charge is 0.462 e. The molecule has 0 bridgehead atoms. The molecule has 0 N–H and O–H groups in total. The van der Waals surface area contributed by atoms with Gasteiger partial charge in [0.25, 0.3) is 0 Å². The lowest BCUT2D eigenvalue weighted by Crippen LogP contribution is -2.60. The van der Waals surface area contributed by atoms with Gasteiger partial charge in [0.05, 0.1) is 5.60 Å². The maximum atomic E-state index is 12.1. The summed E-state index contributed by atoms with van der Waals surface area (Å²) in [4.78, 5) is 12.1. The molecule has 8 atom stereocenters. The molecule has 3 heteroatoms. The highest BCUT2D eigenvalue weighted by atomic mass is 16.5. The Labute approximate surface area is 191 Å². The molecule has 0 aromatic carbocycles. The lowest BCUT2D eigenvalue weighted by atomic mass is 9.44.